The molecule has 20 heavy (non-hydrogen) atoms. The number of aromatic carboxylic acids is 1. The molecule has 6 nitrogen and oxygen atoms in total. The molecule has 1 aromatic carbocycles. The second-order valence-corrected chi connectivity index (χ2v) is 4.87. The molecule has 1 aliphatic heterocycles. The molecule has 1 heterocycles. The molecule has 6 heteroatoms. The Morgan fingerprint density at radius 2 is 2.10 bits per heavy atom. The van der Waals surface area contributed by atoms with E-state index in [1.165, 1.54) is 0 Å². The van der Waals surface area contributed by atoms with Crippen LogP contribution in [0.1, 0.15) is 22.3 Å². The minimum Gasteiger partial charge on any atom is -0.478 e. The molecule has 0 radical (unpaired) electrons. The third-order valence-electron chi connectivity index (χ3n) is 3.27. The van der Waals surface area contributed by atoms with Gasteiger partial charge < -0.3 is 20.6 Å². The van der Waals surface area contributed by atoms with Gasteiger partial charge in [0.05, 0.1) is 11.3 Å². The minimum atomic E-state index is -1.04. The van der Waals surface area contributed by atoms with Crippen LogP contribution in [0.2, 0.25) is 0 Å². The Morgan fingerprint density at radius 3 is 2.85 bits per heavy atom. The molecular weight excluding hydrogens is 258 g/mol. The highest BCUT2D eigenvalue weighted by molar-refractivity contribution is 6.00. The smallest absolute Gasteiger partial charge is 0.337 e. The Labute approximate surface area is 117 Å². The van der Waals surface area contributed by atoms with Gasteiger partial charge in [-0.15, -0.1) is 0 Å². The van der Waals surface area contributed by atoms with E-state index in [1.54, 1.807) is 23.1 Å². The summed E-state index contributed by atoms with van der Waals surface area (Å²) in [4.78, 5) is 25.1. The van der Waals surface area contributed by atoms with Gasteiger partial charge in [0.25, 0.3) is 0 Å². The number of carboxylic acids is 1. The van der Waals surface area contributed by atoms with E-state index in [-0.39, 0.29) is 11.6 Å². The van der Waals surface area contributed by atoms with Gasteiger partial charge in [-0.25, -0.2) is 9.59 Å². The number of hydrogen-bond acceptors (Lipinski definition) is 3. The maximum absolute atomic E-state index is 12.2. The Morgan fingerprint density at radius 1 is 1.30 bits per heavy atom. The van der Waals surface area contributed by atoms with Crippen LogP contribution in [0, 0.1) is 6.92 Å². The molecule has 0 atom stereocenters. The molecule has 1 aliphatic rings. The highest BCUT2D eigenvalue weighted by Gasteiger charge is 2.18. The summed E-state index contributed by atoms with van der Waals surface area (Å²) < 4.78 is 0. The zero-order valence-corrected chi connectivity index (χ0v) is 11.5. The molecule has 1 saturated heterocycles. The summed E-state index contributed by atoms with van der Waals surface area (Å²) in [7, 11) is 0. The van der Waals surface area contributed by atoms with Crippen molar-refractivity contribution in [3.63, 3.8) is 0 Å². The number of nitrogens with zero attached hydrogens (tertiary/aromatic N) is 1. The number of amides is 2. The first-order chi connectivity index (χ1) is 9.58. The fourth-order valence-corrected chi connectivity index (χ4v) is 2.19. The lowest BCUT2D eigenvalue weighted by Gasteiger charge is -2.21. The van der Waals surface area contributed by atoms with E-state index >= 15 is 0 Å². The zero-order chi connectivity index (χ0) is 14.5. The van der Waals surface area contributed by atoms with Crippen LogP contribution >= 0.6 is 0 Å². The number of carbonyl (C=O) groups is 2. The number of carbonyl (C=O) groups excluding carboxylic acids is 1. The number of hydrogen-bond donors (Lipinski definition) is 3. The molecule has 108 valence electrons. The molecule has 0 aromatic heterocycles. The van der Waals surface area contributed by atoms with Gasteiger partial charge in [-0.1, -0.05) is 11.6 Å². The van der Waals surface area contributed by atoms with Gasteiger partial charge in [-0.05, 0) is 32.0 Å². The monoisotopic (exact) mass is 277 g/mol. The molecule has 1 aromatic rings. The first kappa shape index (κ1) is 14.3. The van der Waals surface area contributed by atoms with Gasteiger partial charge in [-0.2, -0.15) is 0 Å². The van der Waals surface area contributed by atoms with Crippen molar-refractivity contribution in [1.82, 2.24) is 10.2 Å². The van der Waals surface area contributed by atoms with Crippen LogP contribution in [0.4, 0.5) is 10.5 Å². The van der Waals surface area contributed by atoms with Crippen molar-refractivity contribution >= 4 is 17.7 Å². The Balaban J connectivity index is 2.12. The number of anilines is 1. The quantitative estimate of drug-likeness (QED) is 0.765. The Hall–Kier alpha value is -2.08. The summed E-state index contributed by atoms with van der Waals surface area (Å²) in [5.74, 6) is -1.04. The summed E-state index contributed by atoms with van der Waals surface area (Å²) >= 11 is 0. The van der Waals surface area contributed by atoms with E-state index in [0.29, 0.717) is 18.8 Å². The van der Waals surface area contributed by atoms with Crippen LogP contribution in [0.5, 0.6) is 0 Å². The van der Waals surface area contributed by atoms with Gasteiger partial charge >= 0.3 is 12.0 Å². The lowest BCUT2D eigenvalue weighted by atomic mass is 10.1. The SMILES string of the molecule is Cc1ccc(NC(=O)N2CCCNCC2)c(C(=O)O)c1. The van der Waals surface area contributed by atoms with Gasteiger partial charge in [0.15, 0.2) is 0 Å². The fraction of sp³-hybridized carbons (Fsp3) is 0.429. The second kappa shape index (κ2) is 6.38. The normalized spacial score (nSPS) is 15.6. The molecule has 2 amide bonds. The molecule has 2 rings (SSSR count). The van der Waals surface area contributed by atoms with Crippen molar-refractivity contribution in [2.75, 3.05) is 31.5 Å². The Kier molecular flexibility index (Phi) is 4.57. The van der Waals surface area contributed by atoms with E-state index < -0.39 is 5.97 Å². The summed E-state index contributed by atoms with van der Waals surface area (Å²) in [6, 6.07) is 4.72. The highest BCUT2D eigenvalue weighted by Crippen LogP contribution is 2.18. The lowest BCUT2D eigenvalue weighted by molar-refractivity contribution is 0.0698. The first-order valence-electron chi connectivity index (χ1n) is 6.68. The predicted molar refractivity (Wildman–Crippen MR) is 76.2 cm³/mol. The molecule has 1 fully saturated rings. The summed E-state index contributed by atoms with van der Waals surface area (Å²) in [5.41, 5.74) is 1.30. The second-order valence-electron chi connectivity index (χ2n) is 4.87. The van der Waals surface area contributed by atoms with Crippen molar-refractivity contribution in [2.24, 2.45) is 0 Å². The summed E-state index contributed by atoms with van der Waals surface area (Å²) in [6.07, 6.45) is 0.896. The van der Waals surface area contributed by atoms with Crippen molar-refractivity contribution in [2.45, 2.75) is 13.3 Å². The maximum Gasteiger partial charge on any atom is 0.337 e. The number of nitrogens with one attached hydrogen (secondary N) is 2. The van der Waals surface area contributed by atoms with Crippen LogP contribution in [-0.4, -0.2) is 48.2 Å². The van der Waals surface area contributed by atoms with E-state index in [0.717, 1.165) is 25.1 Å². The molecular formula is C14H19N3O3. The predicted octanol–water partition coefficient (Wildman–Crippen LogP) is 1.52. The van der Waals surface area contributed by atoms with E-state index in [1.807, 2.05) is 6.92 Å². The largest absolute Gasteiger partial charge is 0.478 e. The summed E-state index contributed by atoms with van der Waals surface area (Å²) in [5, 5.41) is 15.1. The van der Waals surface area contributed by atoms with Crippen molar-refractivity contribution in [3.05, 3.63) is 29.3 Å². The van der Waals surface area contributed by atoms with Crippen LogP contribution in [0.15, 0.2) is 18.2 Å². The highest BCUT2D eigenvalue weighted by atomic mass is 16.4. The average molecular weight is 277 g/mol. The molecule has 3 N–H and O–H groups in total. The van der Waals surface area contributed by atoms with Crippen LogP contribution in [-0.2, 0) is 0 Å². The lowest BCUT2D eigenvalue weighted by Crippen LogP contribution is -2.37. The van der Waals surface area contributed by atoms with Gasteiger partial charge in [0.1, 0.15) is 0 Å². The number of rotatable bonds is 2. The maximum atomic E-state index is 12.2. The number of benzene rings is 1. The third kappa shape index (κ3) is 3.48. The van der Waals surface area contributed by atoms with Crippen molar-refractivity contribution in [1.29, 1.82) is 0 Å². The number of carboxylic acid groups (broad SMARTS) is 1. The fourth-order valence-electron chi connectivity index (χ4n) is 2.19. The van der Waals surface area contributed by atoms with Crippen LogP contribution in [0.25, 0.3) is 0 Å². The minimum absolute atomic E-state index is 0.117. The van der Waals surface area contributed by atoms with Gasteiger partial charge in [-0.3, -0.25) is 0 Å². The van der Waals surface area contributed by atoms with Gasteiger partial charge in [0.2, 0.25) is 0 Å². The van der Waals surface area contributed by atoms with Crippen LogP contribution in [0.3, 0.4) is 0 Å². The van der Waals surface area contributed by atoms with E-state index in [2.05, 4.69) is 10.6 Å². The molecule has 0 saturated carbocycles. The van der Waals surface area contributed by atoms with E-state index in [9.17, 15) is 14.7 Å². The zero-order valence-electron chi connectivity index (χ0n) is 11.5. The molecule has 0 unspecified atom stereocenters. The number of urea groups is 1. The Bertz CT molecular complexity index is 508. The molecule has 0 spiro atoms. The molecule has 0 aliphatic carbocycles. The first-order valence-corrected chi connectivity index (χ1v) is 6.68. The standard InChI is InChI=1S/C14H19N3O3/c1-10-3-4-12(11(9-10)13(18)19)16-14(20)17-7-2-5-15-6-8-17/h3-4,9,15H,2,5-8H2,1H3,(H,16,20)(H,18,19). The number of aryl methyl sites for hydroxylation is 1. The van der Waals surface area contributed by atoms with Gasteiger partial charge in [0, 0.05) is 19.6 Å². The van der Waals surface area contributed by atoms with Crippen molar-refractivity contribution in [3.8, 4) is 0 Å². The van der Waals surface area contributed by atoms with Crippen LogP contribution < -0.4 is 10.6 Å². The average Bonchev–Trinajstić information content (AvgIpc) is 2.69. The van der Waals surface area contributed by atoms with E-state index in [4.69, 9.17) is 0 Å². The molecule has 0 bridgehead atoms. The summed E-state index contributed by atoms with van der Waals surface area (Å²) in [6.45, 7) is 4.77. The third-order valence-corrected chi connectivity index (χ3v) is 3.27. The van der Waals surface area contributed by atoms with Crippen molar-refractivity contribution < 1.29 is 14.7 Å². The topological polar surface area (TPSA) is 81.7 Å².